The highest BCUT2D eigenvalue weighted by molar-refractivity contribution is 5.93. The van der Waals surface area contributed by atoms with E-state index in [9.17, 15) is 9.18 Å². The van der Waals surface area contributed by atoms with Crippen LogP contribution in [-0.4, -0.2) is 28.9 Å². The van der Waals surface area contributed by atoms with Crippen LogP contribution in [0.2, 0.25) is 0 Å². The van der Waals surface area contributed by atoms with E-state index in [0.717, 1.165) is 0 Å². The summed E-state index contributed by atoms with van der Waals surface area (Å²) in [5.74, 6) is -0.417. The third-order valence-corrected chi connectivity index (χ3v) is 2.55. The number of cyclic esters (lactones) is 1. The van der Waals surface area contributed by atoms with Gasteiger partial charge in [-0.25, -0.2) is 9.18 Å². The number of hydrogen-bond acceptors (Lipinski definition) is 4. The number of esters is 1. The van der Waals surface area contributed by atoms with Crippen molar-refractivity contribution in [3.63, 3.8) is 0 Å². The number of carbonyl (C=O) groups is 1. The molecule has 86 valence electrons. The molecule has 16 heavy (non-hydrogen) atoms. The van der Waals surface area contributed by atoms with Crippen LogP contribution in [0.25, 0.3) is 0 Å². The van der Waals surface area contributed by atoms with Crippen molar-refractivity contribution < 1.29 is 24.1 Å². The van der Waals surface area contributed by atoms with Crippen molar-refractivity contribution in [1.29, 1.82) is 0 Å². The normalized spacial score (nSPS) is 17.8. The minimum Gasteiger partial charge on any atom is -0.457 e. The number of carbonyl (C=O) groups excluding carboxylic acids is 1. The van der Waals surface area contributed by atoms with E-state index in [4.69, 9.17) is 14.9 Å². The Morgan fingerprint density at radius 3 is 2.94 bits per heavy atom. The molecule has 1 aliphatic heterocycles. The van der Waals surface area contributed by atoms with Gasteiger partial charge in [-0.2, -0.15) is 0 Å². The maximum absolute atomic E-state index is 13.6. The molecular formula is C11H11FO4. The van der Waals surface area contributed by atoms with Gasteiger partial charge in [0.1, 0.15) is 12.7 Å². The topological polar surface area (TPSA) is 66.8 Å². The molecule has 0 radical (unpaired) electrons. The van der Waals surface area contributed by atoms with Crippen LogP contribution in [0.1, 0.15) is 27.7 Å². The van der Waals surface area contributed by atoms with Crippen molar-refractivity contribution in [3.05, 3.63) is 34.9 Å². The van der Waals surface area contributed by atoms with Gasteiger partial charge in [-0.3, -0.25) is 0 Å². The Bertz CT molecular complexity index is 418. The van der Waals surface area contributed by atoms with Gasteiger partial charge in [-0.1, -0.05) is 6.07 Å². The van der Waals surface area contributed by atoms with Gasteiger partial charge in [0.25, 0.3) is 0 Å². The van der Waals surface area contributed by atoms with Gasteiger partial charge in [0.05, 0.1) is 12.2 Å². The molecule has 0 amide bonds. The summed E-state index contributed by atoms with van der Waals surface area (Å²) in [7, 11) is 0. The molecule has 0 aromatic heterocycles. The quantitative estimate of drug-likeness (QED) is 0.745. The lowest BCUT2D eigenvalue weighted by atomic mass is 10.0. The fraction of sp³-hybridized carbons (Fsp3) is 0.364. The molecule has 1 aliphatic rings. The van der Waals surface area contributed by atoms with Crippen LogP contribution in [0.5, 0.6) is 0 Å². The smallest absolute Gasteiger partial charge is 0.338 e. The first kappa shape index (κ1) is 11.0. The van der Waals surface area contributed by atoms with Crippen LogP contribution in [0.4, 0.5) is 4.39 Å². The van der Waals surface area contributed by atoms with E-state index in [-0.39, 0.29) is 12.2 Å². The van der Waals surface area contributed by atoms with Crippen LogP contribution < -0.4 is 0 Å². The number of ether oxygens (including phenoxy) is 1. The largest absolute Gasteiger partial charge is 0.457 e. The fourth-order valence-corrected chi connectivity index (χ4v) is 1.64. The Balaban J connectivity index is 2.28. The second kappa shape index (κ2) is 4.19. The number of rotatable bonds is 3. The molecule has 0 unspecified atom stereocenters. The second-order valence-electron chi connectivity index (χ2n) is 3.64. The molecule has 1 aromatic rings. The number of fused-ring (bicyclic) bond motifs is 1. The third kappa shape index (κ3) is 1.79. The fourth-order valence-electron chi connectivity index (χ4n) is 1.64. The Labute approximate surface area is 91.3 Å². The minimum atomic E-state index is -1.66. The van der Waals surface area contributed by atoms with Crippen LogP contribution in [0.3, 0.4) is 0 Å². The Kier molecular flexibility index (Phi) is 2.89. The highest BCUT2D eigenvalue weighted by atomic mass is 19.1. The molecule has 0 spiro atoms. The van der Waals surface area contributed by atoms with E-state index in [1.54, 1.807) is 0 Å². The lowest BCUT2D eigenvalue weighted by molar-refractivity contribution is 0.0278. The molecule has 0 bridgehead atoms. The average molecular weight is 226 g/mol. The molecule has 1 aromatic carbocycles. The summed E-state index contributed by atoms with van der Waals surface area (Å²) in [6.45, 7) is -0.516. The molecule has 4 nitrogen and oxygen atoms in total. The first-order valence-electron chi connectivity index (χ1n) is 4.86. The zero-order valence-corrected chi connectivity index (χ0v) is 8.39. The monoisotopic (exact) mass is 226 g/mol. The summed E-state index contributed by atoms with van der Waals surface area (Å²) in [6, 6.07) is 4.36. The van der Waals surface area contributed by atoms with Crippen LogP contribution in [0, 0.1) is 0 Å². The summed E-state index contributed by atoms with van der Waals surface area (Å²) in [6.07, 6.45) is -3.11. The second-order valence-corrected chi connectivity index (χ2v) is 3.64. The predicted octanol–water partition coefficient (Wildman–Crippen LogP) is 0.721. The van der Waals surface area contributed by atoms with Crippen molar-refractivity contribution in [2.45, 2.75) is 18.9 Å². The van der Waals surface area contributed by atoms with Gasteiger partial charge < -0.3 is 14.9 Å². The minimum absolute atomic E-state index is 0.129. The van der Waals surface area contributed by atoms with Crippen molar-refractivity contribution in [2.24, 2.45) is 0 Å². The molecule has 1 heterocycles. The van der Waals surface area contributed by atoms with Crippen molar-refractivity contribution in [3.8, 4) is 0 Å². The van der Waals surface area contributed by atoms with E-state index in [1.807, 2.05) is 0 Å². The maximum atomic E-state index is 13.6. The standard InChI is InChI=1S/C11H11FO4/c12-10(9(14)4-13)6-1-2-8-7(3-6)5-16-11(8)15/h1-3,9-10,13-14H,4-5H2/t9-,10-/m1/s1. The Hall–Kier alpha value is -1.46. The first-order valence-corrected chi connectivity index (χ1v) is 4.86. The molecule has 2 atom stereocenters. The highest BCUT2D eigenvalue weighted by Gasteiger charge is 2.25. The Morgan fingerprint density at radius 2 is 2.25 bits per heavy atom. The van der Waals surface area contributed by atoms with Crippen LogP contribution in [0.15, 0.2) is 18.2 Å². The van der Waals surface area contributed by atoms with Gasteiger partial charge in [-0.05, 0) is 17.7 Å². The summed E-state index contributed by atoms with van der Waals surface area (Å²) in [5, 5.41) is 17.8. The molecule has 0 saturated carbocycles. The zero-order chi connectivity index (χ0) is 11.7. The molecule has 0 saturated heterocycles. The molecular weight excluding hydrogens is 215 g/mol. The van der Waals surface area contributed by atoms with Crippen molar-refractivity contribution >= 4 is 5.97 Å². The van der Waals surface area contributed by atoms with Gasteiger partial charge in [0, 0.05) is 5.56 Å². The molecule has 0 fully saturated rings. The van der Waals surface area contributed by atoms with Crippen LogP contribution in [-0.2, 0) is 11.3 Å². The van der Waals surface area contributed by atoms with E-state index in [0.29, 0.717) is 11.1 Å². The third-order valence-electron chi connectivity index (χ3n) is 2.55. The van der Waals surface area contributed by atoms with Crippen molar-refractivity contribution in [1.82, 2.24) is 0 Å². The zero-order valence-electron chi connectivity index (χ0n) is 8.39. The van der Waals surface area contributed by atoms with Gasteiger partial charge in [0.2, 0.25) is 0 Å². The summed E-state index contributed by atoms with van der Waals surface area (Å²) in [5.41, 5.74) is 1.27. The number of hydrogen-bond donors (Lipinski definition) is 2. The molecule has 0 aliphatic carbocycles. The van der Waals surface area contributed by atoms with Gasteiger partial charge >= 0.3 is 5.97 Å². The number of alkyl halides is 1. The van der Waals surface area contributed by atoms with E-state index in [1.165, 1.54) is 18.2 Å². The SMILES string of the molecule is O=C1OCc2cc([C@@H](F)[C@H](O)CO)ccc21. The van der Waals surface area contributed by atoms with Crippen LogP contribution >= 0.6 is 0 Å². The maximum Gasteiger partial charge on any atom is 0.338 e. The summed E-state index contributed by atoms with van der Waals surface area (Å²) < 4.78 is 18.3. The van der Waals surface area contributed by atoms with Crippen molar-refractivity contribution in [2.75, 3.05) is 6.61 Å². The molecule has 5 heteroatoms. The lowest BCUT2D eigenvalue weighted by Gasteiger charge is -2.13. The molecule has 2 N–H and O–H groups in total. The number of benzene rings is 1. The van der Waals surface area contributed by atoms with E-state index >= 15 is 0 Å². The van der Waals surface area contributed by atoms with Gasteiger partial charge in [-0.15, -0.1) is 0 Å². The summed E-state index contributed by atoms with van der Waals surface area (Å²) in [4.78, 5) is 11.1. The average Bonchev–Trinajstić information content (AvgIpc) is 2.68. The first-order chi connectivity index (χ1) is 7.63. The highest BCUT2D eigenvalue weighted by Crippen LogP contribution is 2.27. The number of aliphatic hydroxyl groups excluding tert-OH is 2. The van der Waals surface area contributed by atoms with Gasteiger partial charge in [0.15, 0.2) is 6.17 Å². The Morgan fingerprint density at radius 1 is 1.50 bits per heavy atom. The van der Waals surface area contributed by atoms with E-state index in [2.05, 4.69) is 0 Å². The van der Waals surface area contributed by atoms with E-state index < -0.39 is 24.9 Å². The lowest BCUT2D eigenvalue weighted by Crippen LogP contribution is -2.19. The number of aliphatic hydroxyl groups is 2. The number of halogens is 1. The summed E-state index contributed by atoms with van der Waals surface area (Å²) >= 11 is 0. The molecule has 2 rings (SSSR count). The predicted molar refractivity (Wildman–Crippen MR) is 52.5 cm³/mol.